The molecule has 2 aromatic rings. The first kappa shape index (κ1) is 7.17. The van der Waals surface area contributed by atoms with Gasteiger partial charge in [0.15, 0.2) is 0 Å². The number of nitrogens with zero attached hydrogens (tertiary/aromatic N) is 3. The van der Waals surface area contributed by atoms with Gasteiger partial charge in [-0.25, -0.2) is 4.79 Å². The molecule has 0 fully saturated rings. The molecule has 0 saturated heterocycles. The molecule has 12 heavy (non-hydrogen) atoms. The molecule has 0 aliphatic heterocycles. The lowest BCUT2D eigenvalue weighted by Crippen LogP contribution is -2.13. The van der Waals surface area contributed by atoms with E-state index >= 15 is 0 Å². The lowest BCUT2D eigenvalue weighted by Gasteiger charge is -1.87. The molecule has 0 aliphatic rings. The second-order valence-corrected chi connectivity index (χ2v) is 2.67. The molecule has 0 aliphatic carbocycles. The molecule has 0 unspecified atom stereocenters. The molecule has 0 spiro atoms. The van der Waals surface area contributed by atoms with Crippen LogP contribution in [0.25, 0.3) is 5.78 Å². The summed E-state index contributed by atoms with van der Waals surface area (Å²) >= 11 is 4.84. The SMILES string of the molecule is Cc1nc2[nH]c(=O)[nH]c(=S)n2n1. The van der Waals surface area contributed by atoms with E-state index in [0.29, 0.717) is 11.6 Å². The summed E-state index contributed by atoms with van der Waals surface area (Å²) in [4.78, 5) is 19.7. The first-order chi connectivity index (χ1) is 5.66. The Morgan fingerprint density at radius 2 is 2.25 bits per heavy atom. The van der Waals surface area contributed by atoms with Crippen LogP contribution in [0.15, 0.2) is 4.79 Å². The third-order valence-corrected chi connectivity index (χ3v) is 1.63. The maximum Gasteiger partial charge on any atom is 0.327 e. The molecule has 0 aromatic carbocycles. The lowest BCUT2D eigenvalue weighted by atomic mass is 10.8. The van der Waals surface area contributed by atoms with Gasteiger partial charge in [0.2, 0.25) is 10.5 Å². The van der Waals surface area contributed by atoms with Crippen molar-refractivity contribution < 1.29 is 0 Å². The van der Waals surface area contributed by atoms with E-state index in [-0.39, 0.29) is 10.5 Å². The fourth-order valence-corrected chi connectivity index (χ4v) is 1.14. The summed E-state index contributed by atoms with van der Waals surface area (Å²) in [7, 11) is 0. The molecular formula is C5H5N5OS. The molecule has 2 rings (SSSR count). The number of hydrogen-bond acceptors (Lipinski definition) is 4. The Bertz CT molecular complexity index is 534. The van der Waals surface area contributed by atoms with E-state index in [4.69, 9.17) is 12.2 Å². The number of aryl methyl sites for hydroxylation is 1. The normalized spacial score (nSPS) is 10.8. The molecule has 2 N–H and O–H groups in total. The summed E-state index contributed by atoms with van der Waals surface area (Å²) in [5, 5.41) is 3.95. The maximum absolute atomic E-state index is 10.9. The van der Waals surface area contributed by atoms with Gasteiger partial charge in [-0.2, -0.15) is 9.50 Å². The summed E-state index contributed by atoms with van der Waals surface area (Å²) in [5.41, 5.74) is -0.375. The van der Waals surface area contributed by atoms with Gasteiger partial charge in [-0.15, -0.1) is 5.10 Å². The average molecular weight is 183 g/mol. The van der Waals surface area contributed by atoms with Crippen molar-refractivity contribution in [3.8, 4) is 0 Å². The quantitative estimate of drug-likeness (QED) is 0.553. The Morgan fingerprint density at radius 1 is 1.50 bits per heavy atom. The standard InChI is InChI=1S/C5H5N5OS/c1-2-6-3-7-4(11)8-5(12)10(3)9-2/h1H3,(H2,6,7,8,9,11,12). The third-order valence-electron chi connectivity index (χ3n) is 1.35. The van der Waals surface area contributed by atoms with E-state index in [1.165, 1.54) is 4.52 Å². The van der Waals surface area contributed by atoms with Gasteiger partial charge in [0, 0.05) is 0 Å². The number of aromatic nitrogens is 5. The number of hydrogen-bond donors (Lipinski definition) is 2. The lowest BCUT2D eigenvalue weighted by molar-refractivity contribution is 0.840. The van der Waals surface area contributed by atoms with Gasteiger partial charge in [-0.05, 0) is 19.1 Å². The van der Waals surface area contributed by atoms with Crippen LogP contribution in [0.2, 0.25) is 0 Å². The fourth-order valence-electron chi connectivity index (χ4n) is 0.920. The van der Waals surface area contributed by atoms with Gasteiger partial charge in [0.05, 0.1) is 0 Å². The Labute approximate surface area is 71.3 Å². The zero-order valence-corrected chi connectivity index (χ0v) is 6.97. The van der Waals surface area contributed by atoms with Crippen molar-refractivity contribution in [2.45, 2.75) is 6.92 Å². The zero-order chi connectivity index (χ0) is 8.72. The molecule has 6 nitrogen and oxygen atoms in total. The van der Waals surface area contributed by atoms with Crippen LogP contribution in [0.3, 0.4) is 0 Å². The number of fused-ring (bicyclic) bond motifs is 1. The second-order valence-electron chi connectivity index (χ2n) is 2.28. The molecule has 2 heterocycles. The van der Waals surface area contributed by atoms with E-state index in [1.807, 2.05) is 0 Å². The van der Waals surface area contributed by atoms with Crippen LogP contribution in [-0.2, 0) is 0 Å². The predicted molar refractivity (Wildman–Crippen MR) is 43.5 cm³/mol. The van der Waals surface area contributed by atoms with Gasteiger partial charge in [0.1, 0.15) is 5.82 Å². The Hall–Kier alpha value is -1.50. The molecular weight excluding hydrogens is 178 g/mol. The maximum atomic E-state index is 10.9. The molecule has 7 heteroatoms. The van der Waals surface area contributed by atoms with Crippen LogP contribution in [0.1, 0.15) is 5.82 Å². The minimum atomic E-state index is -0.375. The van der Waals surface area contributed by atoms with Crippen LogP contribution >= 0.6 is 12.2 Å². The van der Waals surface area contributed by atoms with Gasteiger partial charge < -0.3 is 0 Å². The number of nitrogens with one attached hydrogen (secondary N) is 2. The first-order valence-electron chi connectivity index (χ1n) is 3.23. The van der Waals surface area contributed by atoms with E-state index < -0.39 is 0 Å². The molecule has 2 aromatic heterocycles. The molecule has 62 valence electrons. The van der Waals surface area contributed by atoms with Crippen molar-refractivity contribution in [2.24, 2.45) is 0 Å². The summed E-state index contributed by atoms with van der Waals surface area (Å²) in [5.74, 6) is 0.928. The van der Waals surface area contributed by atoms with Crippen molar-refractivity contribution in [3.63, 3.8) is 0 Å². The van der Waals surface area contributed by atoms with Crippen molar-refractivity contribution in [1.29, 1.82) is 0 Å². The number of H-pyrrole nitrogens is 2. The fraction of sp³-hybridized carbons (Fsp3) is 0.200. The average Bonchev–Trinajstić information content (AvgIpc) is 2.29. The first-order valence-corrected chi connectivity index (χ1v) is 3.63. The highest BCUT2D eigenvalue weighted by molar-refractivity contribution is 7.71. The van der Waals surface area contributed by atoms with Gasteiger partial charge in [0.25, 0.3) is 0 Å². The third kappa shape index (κ3) is 0.944. The summed E-state index contributed by atoms with van der Waals surface area (Å²) in [6, 6.07) is 0. The van der Waals surface area contributed by atoms with E-state index in [9.17, 15) is 4.79 Å². The highest BCUT2D eigenvalue weighted by atomic mass is 32.1. The number of aromatic amines is 2. The zero-order valence-electron chi connectivity index (χ0n) is 6.16. The molecule has 0 saturated carbocycles. The van der Waals surface area contributed by atoms with Crippen LogP contribution in [0, 0.1) is 11.7 Å². The van der Waals surface area contributed by atoms with E-state index in [1.54, 1.807) is 6.92 Å². The van der Waals surface area contributed by atoms with Gasteiger partial charge in [-0.1, -0.05) is 0 Å². The highest BCUT2D eigenvalue weighted by Gasteiger charge is 2.00. The summed E-state index contributed by atoms with van der Waals surface area (Å²) < 4.78 is 1.61. The van der Waals surface area contributed by atoms with Crippen molar-refractivity contribution in [2.75, 3.05) is 0 Å². The Kier molecular flexibility index (Phi) is 1.34. The molecule has 0 radical (unpaired) electrons. The van der Waals surface area contributed by atoms with Crippen LogP contribution < -0.4 is 5.69 Å². The van der Waals surface area contributed by atoms with Crippen molar-refractivity contribution >= 4 is 18.0 Å². The second kappa shape index (κ2) is 2.24. The minimum Gasteiger partial charge on any atom is -0.282 e. The van der Waals surface area contributed by atoms with E-state index in [0.717, 1.165) is 0 Å². The smallest absolute Gasteiger partial charge is 0.282 e. The Morgan fingerprint density at radius 3 is 3.00 bits per heavy atom. The predicted octanol–water partition coefficient (Wildman–Crippen LogP) is -0.216. The largest absolute Gasteiger partial charge is 0.327 e. The minimum absolute atomic E-state index is 0.245. The molecule has 0 bridgehead atoms. The van der Waals surface area contributed by atoms with E-state index in [2.05, 4.69) is 20.1 Å². The summed E-state index contributed by atoms with van der Waals surface area (Å²) in [6.07, 6.45) is 0. The highest BCUT2D eigenvalue weighted by Crippen LogP contribution is 1.92. The van der Waals surface area contributed by atoms with Gasteiger partial charge in [-0.3, -0.25) is 9.97 Å². The molecule has 0 amide bonds. The van der Waals surface area contributed by atoms with Crippen LogP contribution in [0.4, 0.5) is 0 Å². The van der Waals surface area contributed by atoms with Crippen molar-refractivity contribution in [3.05, 3.63) is 21.1 Å². The van der Waals surface area contributed by atoms with Crippen LogP contribution in [0.5, 0.6) is 0 Å². The Balaban J connectivity index is 3.08. The monoisotopic (exact) mass is 183 g/mol. The topological polar surface area (TPSA) is 78.8 Å². The summed E-state index contributed by atoms with van der Waals surface area (Å²) in [6.45, 7) is 1.72. The van der Waals surface area contributed by atoms with Crippen molar-refractivity contribution in [1.82, 2.24) is 24.6 Å². The van der Waals surface area contributed by atoms with Gasteiger partial charge >= 0.3 is 5.69 Å². The molecule has 0 atom stereocenters. The van der Waals surface area contributed by atoms with Crippen LogP contribution in [-0.4, -0.2) is 24.6 Å². The number of rotatable bonds is 0.